The molecule has 4 heterocycles. The van der Waals surface area contributed by atoms with Gasteiger partial charge in [0.25, 0.3) is 0 Å². The summed E-state index contributed by atoms with van der Waals surface area (Å²) in [4.78, 5) is 13.3. The summed E-state index contributed by atoms with van der Waals surface area (Å²) in [6.45, 7) is 12.5. The van der Waals surface area contributed by atoms with E-state index in [0.717, 1.165) is 63.5 Å². The number of rotatable bonds is 2. The Kier molecular flexibility index (Phi) is 9.44. The number of hydrogen-bond acceptors (Lipinski definition) is 6. The molecule has 31 heavy (non-hydrogen) atoms. The van der Waals surface area contributed by atoms with Crippen LogP contribution in [-0.2, 0) is 32.7 Å². The summed E-state index contributed by atoms with van der Waals surface area (Å²) < 4.78 is 0. The molecule has 6 nitrogen and oxygen atoms in total. The second-order valence-corrected chi connectivity index (χ2v) is 9.61. The van der Waals surface area contributed by atoms with Crippen molar-refractivity contribution >= 4 is 11.6 Å². The average molecular weight is 499 g/mol. The van der Waals surface area contributed by atoms with E-state index in [1.807, 2.05) is 18.3 Å². The van der Waals surface area contributed by atoms with Crippen LogP contribution in [0.2, 0.25) is 0 Å². The van der Waals surface area contributed by atoms with Gasteiger partial charge in [0.2, 0.25) is 0 Å². The molecule has 0 aliphatic carbocycles. The molecule has 1 radical (unpaired) electrons. The monoisotopic (exact) mass is 498 g/mol. The Hall–Kier alpha value is -1.08. The third-order valence-corrected chi connectivity index (χ3v) is 6.19. The molecule has 2 aromatic rings. The second kappa shape index (κ2) is 11.2. The molecule has 4 N–H and O–H groups in total. The first-order chi connectivity index (χ1) is 14.1. The van der Waals surface area contributed by atoms with Gasteiger partial charge in [0.05, 0.1) is 0 Å². The number of nitrogens with two attached hydrogens (primary N) is 2. The molecule has 0 atom stereocenters. The minimum absolute atomic E-state index is 0. The third-order valence-electron chi connectivity index (χ3n) is 6.19. The van der Waals surface area contributed by atoms with Gasteiger partial charge < -0.3 is 26.3 Å². The number of hydrogen-bond donors (Lipinski definition) is 2. The predicted molar refractivity (Wildman–Crippen MR) is 125 cm³/mol. The Morgan fingerprint density at radius 2 is 1.32 bits per heavy atom. The van der Waals surface area contributed by atoms with Crippen LogP contribution in [0.25, 0.3) is 0 Å². The quantitative estimate of drug-likeness (QED) is 0.619. The number of nitrogens with zero attached hydrogens (tertiary/aromatic N) is 4. The van der Waals surface area contributed by atoms with Crippen molar-refractivity contribution in [2.45, 2.75) is 64.5 Å². The molecule has 0 aromatic carbocycles. The smallest absolute Gasteiger partial charge is 0.128 e. The summed E-state index contributed by atoms with van der Waals surface area (Å²) in [7, 11) is 0. The number of aromatic nitrogens is 2. The van der Waals surface area contributed by atoms with Gasteiger partial charge in [0.1, 0.15) is 5.82 Å². The van der Waals surface area contributed by atoms with Crippen molar-refractivity contribution in [3.63, 3.8) is 0 Å². The largest absolute Gasteiger partial charge is 0.409 e. The summed E-state index contributed by atoms with van der Waals surface area (Å²) in [6.07, 6.45) is 8.95. The first kappa shape index (κ1) is 26.2. The Balaban J connectivity index is 0.000000213. The molecule has 4 rings (SSSR count). The Morgan fingerprint density at radius 1 is 0.839 bits per heavy atom. The van der Waals surface area contributed by atoms with E-state index in [0.29, 0.717) is 0 Å². The molecule has 0 amide bonds. The summed E-state index contributed by atoms with van der Waals surface area (Å²) in [6, 6.07) is 8.18. The fourth-order valence-corrected chi connectivity index (χ4v) is 3.83. The van der Waals surface area contributed by atoms with Crippen LogP contribution in [0.1, 0.15) is 50.7 Å². The van der Waals surface area contributed by atoms with Crippen LogP contribution < -0.4 is 21.3 Å². The van der Waals surface area contributed by atoms with Crippen molar-refractivity contribution in [2.75, 3.05) is 36.0 Å². The topological polar surface area (TPSA) is 84.3 Å². The van der Waals surface area contributed by atoms with E-state index >= 15 is 0 Å². The van der Waals surface area contributed by atoms with E-state index < -0.39 is 0 Å². The van der Waals surface area contributed by atoms with E-state index in [1.165, 1.54) is 11.1 Å². The molecule has 2 aromatic heterocycles. The van der Waals surface area contributed by atoms with Gasteiger partial charge in [-0.1, -0.05) is 13.1 Å². The normalized spacial score (nSPS) is 19.7. The van der Waals surface area contributed by atoms with Crippen LogP contribution >= 0.6 is 0 Å². The maximum absolute atomic E-state index is 6.10. The van der Waals surface area contributed by atoms with Crippen molar-refractivity contribution in [2.24, 2.45) is 11.5 Å². The van der Waals surface area contributed by atoms with Crippen LogP contribution in [0.5, 0.6) is 0 Å². The first-order valence-corrected chi connectivity index (χ1v) is 11.0. The maximum atomic E-state index is 6.10. The molecule has 2 saturated heterocycles. The molecule has 2 aliphatic rings. The molecule has 2 aliphatic heterocycles. The standard InChI is InChI=1S/C12H19N3.C12H18N3.Y/c2*1-10-3-6-14-11(9-10)15-7-4-12(2,13)5-8-15;/h3,6,9H,4-5,7-8,13H2,1-2H3;3,9H,4-5,7-8,13H2,1-2H3;/q;-1;. The Labute approximate surface area is 213 Å². The van der Waals surface area contributed by atoms with Crippen molar-refractivity contribution in [1.29, 1.82) is 0 Å². The minimum Gasteiger partial charge on any atom is -0.409 e. The van der Waals surface area contributed by atoms with Gasteiger partial charge >= 0.3 is 0 Å². The number of aryl methyl sites for hydroxylation is 2. The fourth-order valence-electron chi connectivity index (χ4n) is 3.83. The summed E-state index contributed by atoms with van der Waals surface area (Å²) in [5.41, 5.74) is 14.7. The zero-order valence-corrected chi connectivity index (χ0v) is 22.4. The molecule has 167 valence electrons. The van der Waals surface area contributed by atoms with Crippen LogP contribution in [0.3, 0.4) is 0 Å². The van der Waals surface area contributed by atoms with Crippen LogP contribution in [-0.4, -0.2) is 47.2 Å². The van der Waals surface area contributed by atoms with Crippen LogP contribution in [0, 0.1) is 20.0 Å². The minimum atomic E-state index is 0. The molecule has 0 saturated carbocycles. The number of piperidine rings is 2. The molecule has 0 bridgehead atoms. The van der Waals surface area contributed by atoms with E-state index in [9.17, 15) is 0 Å². The number of anilines is 2. The van der Waals surface area contributed by atoms with Gasteiger partial charge in [-0.2, -0.15) is 11.6 Å². The molecule has 2 fully saturated rings. The predicted octanol–water partition coefficient (Wildman–Crippen LogP) is 3.21. The molecule has 0 spiro atoms. The average Bonchev–Trinajstić information content (AvgIpc) is 2.68. The van der Waals surface area contributed by atoms with Gasteiger partial charge in [0, 0.05) is 82.0 Å². The maximum Gasteiger partial charge on any atom is 0.128 e. The number of pyridine rings is 2. The summed E-state index contributed by atoms with van der Waals surface area (Å²) in [5, 5.41) is 0. The second-order valence-electron chi connectivity index (χ2n) is 9.61. The fraction of sp³-hybridized carbons (Fsp3) is 0.583. The van der Waals surface area contributed by atoms with Crippen molar-refractivity contribution in [3.8, 4) is 0 Å². The Bertz CT molecular complexity index is 749. The van der Waals surface area contributed by atoms with Crippen molar-refractivity contribution in [3.05, 3.63) is 47.8 Å². The van der Waals surface area contributed by atoms with Crippen LogP contribution in [0.4, 0.5) is 11.6 Å². The van der Waals surface area contributed by atoms with Gasteiger partial charge in [-0.15, -0.1) is 6.07 Å². The van der Waals surface area contributed by atoms with E-state index in [1.54, 1.807) is 0 Å². The zero-order chi connectivity index (χ0) is 21.8. The SMILES string of the molecule is Cc1c[c-]nc(N2CCC(C)(N)CC2)c1.Cc1ccnc(N2CCC(C)(N)CC2)c1.[Y]. The van der Waals surface area contributed by atoms with Crippen molar-refractivity contribution in [1.82, 2.24) is 9.97 Å². The van der Waals surface area contributed by atoms with Crippen LogP contribution in [0.15, 0.2) is 30.5 Å². The van der Waals surface area contributed by atoms with Gasteiger partial charge in [-0.25, -0.2) is 4.98 Å². The molecule has 0 unspecified atom stereocenters. The van der Waals surface area contributed by atoms with E-state index in [4.69, 9.17) is 11.5 Å². The van der Waals surface area contributed by atoms with E-state index in [2.05, 4.69) is 65.8 Å². The third kappa shape index (κ3) is 8.09. The van der Waals surface area contributed by atoms with E-state index in [-0.39, 0.29) is 43.8 Å². The van der Waals surface area contributed by atoms with Crippen molar-refractivity contribution < 1.29 is 32.7 Å². The molecular weight excluding hydrogens is 461 g/mol. The summed E-state index contributed by atoms with van der Waals surface area (Å²) >= 11 is 0. The van der Waals surface area contributed by atoms with Gasteiger partial charge in [-0.3, -0.25) is 0 Å². The van der Waals surface area contributed by atoms with Gasteiger partial charge in [-0.05, 0) is 64.2 Å². The zero-order valence-electron chi connectivity index (χ0n) is 19.6. The Morgan fingerprint density at radius 3 is 1.81 bits per heavy atom. The summed E-state index contributed by atoms with van der Waals surface area (Å²) in [5.74, 6) is 2.12. The molecule has 7 heteroatoms. The molecular formula is C24H37N6Y-. The van der Waals surface area contributed by atoms with Gasteiger partial charge in [0.15, 0.2) is 0 Å². The first-order valence-electron chi connectivity index (χ1n) is 11.0.